The van der Waals surface area contributed by atoms with Crippen molar-refractivity contribution in [2.75, 3.05) is 0 Å². The van der Waals surface area contributed by atoms with E-state index < -0.39 is 0 Å². The highest BCUT2D eigenvalue weighted by molar-refractivity contribution is 6.01. The van der Waals surface area contributed by atoms with Crippen LogP contribution < -0.4 is 5.32 Å². The molecule has 1 N–H and O–H groups in total. The highest BCUT2D eigenvalue weighted by atomic mass is 16.2. The Balaban J connectivity index is 2.03. The average molecular weight is 269 g/mol. The molecule has 1 aliphatic rings. The molecule has 1 fully saturated rings. The minimum Gasteiger partial charge on any atom is -0.296 e. The molecule has 0 radical (unpaired) electrons. The number of rotatable bonds is 2. The molecule has 2 amide bonds. The van der Waals surface area contributed by atoms with Crippen LogP contribution in [0.4, 0.5) is 0 Å². The smallest absolute Gasteiger partial charge is 0.234 e. The Kier molecular flexibility index (Phi) is 2.98. The lowest BCUT2D eigenvalue weighted by atomic mass is 9.90. The third kappa shape index (κ3) is 2.05. The number of carbonyl (C=O) groups excluding carboxylic acids is 3. The van der Waals surface area contributed by atoms with Gasteiger partial charge in [0.05, 0.1) is 11.4 Å². The number of hydrogen-bond donors (Lipinski definition) is 1. The highest BCUT2D eigenvalue weighted by Crippen LogP contribution is 2.27. The summed E-state index contributed by atoms with van der Waals surface area (Å²) in [7, 11) is 0. The van der Waals surface area contributed by atoms with Gasteiger partial charge in [0.1, 0.15) is 12.0 Å². The van der Waals surface area contributed by atoms with Crippen LogP contribution in [0, 0.1) is 0 Å². The standard InChI is InChI=1S/C14H11N3O3/c18-6-12-10-2-1-8(5-11(10)15-7-16-12)9-3-4-13(19)17-14(9)20/h1-2,5-7,9H,3-4H2,(H,17,19,20). The number of aromatic nitrogens is 2. The van der Waals surface area contributed by atoms with Crippen LogP contribution in [-0.2, 0) is 9.59 Å². The van der Waals surface area contributed by atoms with Gasteiger partial charge in [-0.1, -0.05) is 12.1 Å². The third-order valence-corrected chi connectivity index (χ3v) is 3.44. The van der Waals surface area contributed by atoms with Crippen LogP contribution in [0.25, 0.3) is 10.9 Å². The molecule has 100 valence electrons. The lowest BCUT2D eigenvalue weighted by Gasteiger charge is -2.21. The second-order valence-electron chi connectivity index (χ2n) is 4.66. The zero-order chi connectivity index (χ0) is 14.1. The summed E-state index contributed by atoms with van der Waals surface area (Å²) in [6, 6.07) is 5.28. The van der Waals surface area contributed by atoms with Gasteiger partial charge in [-0.3, -0.25) is 19.7 Å². The summed E-state index contributed by atoms with van der Waals surface area (Å²) in [6.07, 6.45) is 2.82. The fraction of sp³-hybridized carbons (Fsp3) is 0.214. The van der Waals surface area contributed by atoms with E-state index in [0.29, 0.717) is 35.7 Å². The number of carbonyl (C=O) groups is 3. The fourth-order valence-electron chi connectivity index (χ4n) is 2.42. The van der Waals surface area contributed by atoms with Crippen molar-refractivity contribution in [3.05, 3.63) is 35.8 Å². The van der Waals surface area contributed by atoms with Crippen molar-refractivity contribution >= 4 is 29.0 Å². The van der Waals surface area contributed by atoms with Crippen LogP contribution >= 0.6 is 0 Å². The molecular formula is C14H11N3O3. The Morgan fingerprint density at radius 1 is 1.25 bits per heavy atom. The first-order valence-corrected chi connectivity index (χ1v) is 6.22. The van der Waals surface area contributed by atoms with E-state index in [0.717, 1.165) is 5.56 Å². The molecule has 1 aromatic heterocycles. The molecule has 1 saturated heterocycles. The van der Waals surface area contributed by atoms with Crippen LogP contribution in [0.2, 0.25) is 0 Å². The molecule has 20 heavy (non-hydrogen) atoms. The number of nitrogens with one attached hydrogen (secondary N) is 1. The molecule has 0 saturated carbocycles. The normalized spacial score (nSPS) is 18.9. The first-order valence-electron chi connectivity index (χ1n) is 6.22. The van der Waals surface area contributed by atoms with Crippen LogP contribution in [0.5, 0.6) is 0 Å². The summed E-state index contributed by atoms with van der Waals surface area (Å²) in [5.74, 6) is -0.880. The van der Waals surface area contributed by atoms with Crippen LogP contribution in [-0.4, -0.2) is 28.1 Å². The quantitative estimate of drug-likeness (QED) is 0.648. The second-order valence-corrected chi connectivity index (χ2v) is 4.66. The first-order chi connectivity index (χ1) is 9.69. The highest BCUT2D eigenvalue weighted by Gasteiger charge is 2.28. The van der Waals surface area contributed by atoms with Gasteiger partial charge < -0.3 is 0 Å². The van der Waals surface area contributed by atoms with Crippen LogP contribution in [0.1, 0.15) is 34.8 Å². The Labute approximate surface area is 114 Å². The van der Waals surface area contributed by atoms with E-state index in [1.807, 2.05) is 0 Å². The molecule has 1 unspecified atom stereocenters. The van der Waals surface area contributed by atoms with Gasteiger partial charge in [-0.15, -0.1) is 0 Å². The number of piperidine rings is 1. The maximum absolute atomic E-state index is 11.8. The summed E-state index contributed by atoms with van der Waals surface area (Å²) < 4.78 is 0. The lowest BCUT2D eigenvalue weighted by Crippen LogP contribution is -2.39. The molecular weight excluding hydrogens is 258 g/mol. The molecule has 2 aromatic rings. The van der Waals surface area contributed by atoms with Crippen molar-refractivity contribution in [2.24, 2.45) is 0 Å². The summed E-state index contributed by atoms with van der Waals surface area (Å²) in [4.78, 5) is 41.9. The van der Waals surface area contributed by atoms with Gasteiger partial charge >= 0.3 is 0 Å². The summed E-state index contributed by atoms with van der Waals surface area (Å²) in [5.41, 5.74) is 1.73. The van der Waals surface area contributed by atoms with Gasteiger partial charge in [-0.05, 0) is 18.1 Å². The largest absolute Gasteiger partial charge is 0.296 e. The van der Waals surface area contributed by atoms with Crippen molar-refractivity contribution in [1.29, 1.82) is 0 Å². The first kappa shape index (κ1) is 12.4. The van der Waals surface area contributed by atoms with Crippen molar-refractivity contribution in [1.82, 2.24) is 15.3 Å². The van der Waals surface area contributed by atoms with E-state index in [-0.39, 0.29) is 17.7 Å². The third-order valence-electron chi connectivity index (χ3n) is 3.44. The molecule has 0 spiro atoms. The fourth-order valence-corrected chi connectivity index (χ4v) is 2.42. The topological polar surface area (TPSA) is 89.0 Å². The van der Waals surface area contributed by atoms with E-state index in [2.05, 4.69) is 15.3 Å². The van der Waals surface area contributed by atoms with E-state index >= 15 is 0 Å². The van der Waals surface area contributed by atoms with Gasteiger partial charge in [0.25, 0.3) is 0 Å². The minimum absolute atomic E-state index is 0.238. The summed E-state index contributed by atoms with van der Waals surface area (Å²) >= 11 is 0. The molecule has 2 heterocycles. The summed E-state index contributed by atoms with van der Waals surface area (Å²) in [5, 5.41) is 2.98. The van der Waals surface area contributed by atoms with Gasteiger partial charge in [0, 0.05) is 11.8 Å². The molecule has 3 rings (SSSR count). The Bertz CT molecular complexity index is 727. The van der Waals surface area contributed by atoms with Gasteiger partial charge in [-0.2, -0.15) is 0 Å². The molecule has 1 aromatic carbocycles. The van der Waals surface area contributed by atoms with Gasteiger partial charge in [-0.25, -0.2) is 9.97 Å². The molecule has 6 nitrogen and oxygen atoms in total. The molecule has 0 aliphatic carbocycles. The zero-order valence-corrected chi connectivity index (χ0v) is 10.5. The zero-order valence-electron chi connectivity index (χ0n) is 10.5. The number of nitrogens with zero attached hydrogens (tertiary/aromatic N) is 2. The molecule has 1 atom stereocenters. The number of imide groups is 1. The second kappa shape index (κ2) is 4.80. The lowest BCUT2D eigenvalue weighted by molar-refractivity contribution is -0.134. The monoisotopic (exact) mass is 269 g/mol. The van der Waals surface area contributed by atoms with Gasteiger partial charge in [0.2, 0.25) is 11.8 Å². The SMILES string of the molecule is O=Cc1ncnc2cc(C3CCC(=O)NC3=O)ccc12. The Morgan fingerprint density at radius 2 is 2.10 bits per heavy atom. The predicted molar refractivity (Wildman–Crippen MR) is 70.1 cm³/mol. The van der Waals surface area contributed by atoms with Crippen LogP contribution in [0.3, 0.4) is 0 Å². The number of hydrogen-bond acceptors (Lipinski definition) is 5. The van der Waals surface area contributed by atoms with Crippen molar-refractivity contribution < 1.29 is 14.4 Å². The van der Waals surface area contributed by atoms with Crippen molar-refractivity contribution in [2.45, 2.75) is 18.8 Å². The maximum atomic E-state index is 11.8. The van der Waals surface area contributed by atoms with E-state index in [1.54, 1.807) is 18.2 Å². The predicted octanol–water partition coefficient (Wildman–Crippen LogP) is 0.962. The summed E-state index contributed by atoms with van der Waals surface area (Å²) in [6.45, 7) is 0. The average Bonchev–Trinajstić information content (AvgIpc) is 2.46. The number of aldehydes is 1. The van der Waals surface area contributed by atoms with Gasteiger partial charge in [0.15, 0.2) is 6.29 Å². The minimum atomic E-state index is -0.355. The molecule has 6 heteroatoms. The molecule has 0 bridgehead atoms. The van der Waals surface area contributed by atoms with E-state index in [1.165, 1.54) is 6.33 Å². The Hall–Kier alpha value is -2.63. The number of fused-ring (bicyclic) bond motifs is 1. The maximum Gasteiger partial charge on any atom is 0.234 e. The number of amides is 2. The van der Waals surface area contributed by atoms with Crippen molar-refractivity contribution in [3.8, 4) is 0 Å². The van der Waals surface area contributed by atoms with E-state index in [9.17, 15) is 14.4 Å². The molecule has 1 aliphatic heterocycles. The van der Waals surface area contributed by atoms with Crippen molar-refractivity contribution in [3.63, 3.8) is 0 Å². The number of benzene rings is 1. The Morgan fingerprint density at radius 3 is 2.85 bits per heavy atom. The van der Waals surface area contributed by atoms with Crippen LogP contribution in [0.15, 0.2) is 24.5 Å². The van der Waals surface area contributed by atoms with E-state index in [4.69, 9.17) is 0 Å².